The number of aliphatic hydroxyl groups excluding tert-OH is 1. The molecular weight excluding hydrogens is 206 g/mol. The minimum absolute atomic E-state index is 0.166. The lowest BCUT2D eigenvalue weighted by Crippen LogP contribution is -2.27. The van der Waals surface area contributed by atoms with Crippen LogP contribution in [-0.4, -0.2) is 23.3 Å². The van der Waals surface area contributed by atoms with E-state index in [1.807, 2.05) is 6.92 Å². The molecule has 0 aromatic heterocycles. The number of ether oxygens (including phenoxy) is 1. The second-order valence-corrected chi connectivity index (χ2v) is 4.99. The van der Waals surface area contributed by atoms with Crippen molar-refractivity contribution in [2.75, 3.05) is 6.61 Å². The molecule has 0 radical (unpaired) electrons. The van der Waals surface area contributed by atoms with Crippen LogP contribution < -0.4 is 0 Å². The van der Waals surface area contributed by atoms with Crippen LogP contribution in [0, 0.1) is 16.7 Å². The van der Waals surface area contributed by atoms with Crippen LogP contribution in [0.1, 0.15) is 47.0 Å². The lowest BCUT2D eigenvalue weighted by molar-refractivity contribution is -0.155. The van der Waals surface area contributed by atoms with Gasteiger partial charge in [-0.05, 0) is 33.6 Å². The highest BCUT2D eigenvalue weighted by atomic mass is 16.6. The summed E-state index contributed by atoms with van der Waals surface area (Å²) in [5.74, 6) is -0.325. The first-order valence-electron chi connectivity index (χ1n) is 5.52. The molecule has 16 heavy (non-hydrogen) atoms. The molecule has 0 saturated heterocycles. The fourth-order valence-corrected chi connectivity index (χ4v) is 1.27. The summed E-state index contributed by atoms with van der Waals surface area (Å²) in [6.45, 7) is 7.01. The standard InChI is InChI=1S/C12H21NO3/c1-5-12(8-13,9-14)7-6-10(15)16-11(2,3)4/h14H,5-7,9H2,1-4H3. The Labute approximate surface area is 97.2 Å². The lowest BCUT2D eigenvalue weighted by Gasteiger charge is -2.23. The van der Waals surface area contributed by atoms with Gasteiger partial charge in [0.2, 0.25) is 0 Å². The molecule has 1 unspecified atom stereocenters. The summed E-state index contributed by atoms with van der Waals surface area (Å²) in [6.07, 6.45) is 1.04. The molecule has 0 fully saturated rings. The van der Waals surface area contributed by atoms with Crippen molar-refractivity contribution in [3.63, 3.8) is 0 Å². The van der Waals surface area contributed by atoms with Crippen LogP contribution in [0.5, 0.6) is 0 Å². The van der Waals surface area contributed by atoms with Crippen LogP contribution in [-0.2, 0) is 9.53 Å². The molecule has 0 rings (SSSR count). The minimum atomic E-state index is -0.809. The van der Waals surface area contributed by atoms with Gasteiger partial charge in [0.25, 0.3) is 0 Å². The van der Waals surface area contributed by atoms with Crippen molar-refractivity contribution in [2.24, 2.45) is 5.41 Å². The van der Waals surface area contributed by atoms with Gasteiger partial charge in [0.15, 0.2) is 0 Å². The summed E-state index contributed by atoms with van der Waals surface area (Å²) in [6, 6.07) is 2.08. The van der Waals surface area contributed by atoms with E-state index < -0.39 is 11.0 Å². The normalized spacial score (nSPS) is 15.0. The molecule has 4 heteroatoms. The monoisotopic (exact) mass is 227 g/mol. The van der Waals surface area contributed by atoms with E-state index in [4.69, 9.17) is 15.1 Å². The van der Waals surface area contributed by atoms with Crippen LogP contribution in [0.25, 0.3) is 0 Å². The fourth-order valence-electron chi connectivity index (χ4n) is 1.27. The van der Waals surface area contributed by atoms with Gasteiger partial charge in [-0.2, -0.15) is 5.26 Å². The summed E-state index contributed by atoms with van der Waals surface area (Å²) in [7, 11) is 0. The quantitative estimate of drug-likeness (QED) is 0.729. The zero-order chi connectivity index (χ0) is 12.8. The molecule has 0 spiro atoms. The molecule has 0 aliphatic rings. The summed E-state index contributed by atoms with van der Waals surface area (Å²) in [4.78, 5) is 11.4. The molecule has 92 valence electrons. The average molecular weight is 227 g/mol. The molecule has 0 amide bonds. The molecule has 1 N–H and O–H groups in total. The highest BCUT2D eigenvalue weighted by molar-refractivity contribution is 5.69. The second kappa shape index (κ2) is 5.86. The first-order chi connectivity index (χ1) is 7.28. The number of aliphatic hydroxyl groups is 1. The van der Waals surface area contributed by atoms with Gasteiger partial charge in [-0.25, -0.2) is 0 Å². The summed E-state index contributed by atoms with van der Waals surface area (Å²) < 4.78 is 5.14. The maximum Gasteiger partial charge on any atom is 0.306 e. The number of rotatable bonds is 5. The Bertz CT molecular complexity index is 269. The van der Waals surface area contributed by atoms with Crippen molar-refractivity contribution in [1.82, 2.24) is 0 Å². The number of nitriles is 1. The average Bonchev–Trinajstić information content (AvgIpc) is 2.18. The van der Waals surface area contributed by atoms with E-state index in [0.29, 0.717) is 12.8 Å². The lowest BCUT2D eigenvalue weighted by atomic mass is 9.83. The Balaban J connectivity index is 4.24. The van der Waals surface area contributed by atoms with Gasteiger partial charge in [0.05, 0.1) is 18.1 Å². The van der Waals surface area contributed by atoms with Crippen molar-refractivity contribution < 1.29 is 14.6 Å². The maximum absolute atomic E-state index is 11.4. The van der Waals surface area contributed by atoms with Crippen LogP contribution >= 0.6 is 0 Å². The second-order valence-electron chi connectivity index (χ2n) is 4.99. The predicted octanol–water partition coefficient (Wildman–Crippen LogP) is 2.02. The number of carbonyl (C=O) groups excluding carboxylic acids is 1. The third kappa shape index (κ3) is 5.13. The fraction of sp³-hybridized carbons (Fsp3) is 0.833. The summed E-state index contributed by atoms with van der Waals surface area (Å²) >= 11 is 0. The van der Waals surface area contributed by atoms with E-state index in [1.165, 1.54) is 0 Å². The van der Waals surface area contributed by atoms with Gasteiger partial charge in [-0.3, -0.25) is 4.79 Å². The van der Waals surface area contributed by atoms with Crippen molar-refractivity contribution >= 4 is 5.97 Å². The van der Waals surface area contributed by atoms with E-state index in [1.54, 1.807) is 20.8 Å². The Morgan fingerprint density at radius 2 is 2.00 bits per heavy atom. The van der Waals surface area contributed by atoms with Gasteiger partial charge < -0.3 is 9.84 Å². The SMILES string of the molecule is CCC(C#N)(CO)CCC(=O)OC(C)(C)C. The van der Waals surface area contributed by atoms with Crippen molar-refractivity contribution in [3.8, 4) is 6.07 Å². The third-order valence-corrected chi connectivity index (χ3v) is 2.44. The van der Waals surface area contributed by atoms with Crippen molar-refractivity contribution in [2.45, 2.75) is 52.6 Å². The summed E-state index contributed by atoms with van der Waals surface area (Å²) in [5, 5.41) is 18.1. The Morgan fingerprint density at radius 1 is 1.44 bits per heavy atom. The number of nitrogens with zero attached hydrogens (tertiary/aromatic N) is 1. The Hall–Kier alpha value is -1.08. The molecule has 0 aromatic carbocycles. The van der Waals surface area contributed by atoms with E-state index in [-0.39, 0.29) is 19.0 Å². The van der Waals surface area contributed by atoms with Crippen LogP contribution in [0.15, 0.2) is 0 Å². The minimum Gasteiger partial charge on any atom is -0.460 e. The largest absolute Gasteiger partial charge is 0.460 e. The van der Waals surface area contributed by atoms with Crippen molar-refractivity contribution in [3.05, 3.63) is 0 Å². The molecule has 0 saturated carbocycles. The molecular formula is C12H21NO3. The first-order valence-corrected chi connectivity index (χ1v) is 5.52. The summed E-state index contributed by atoms with van der Waals surface area (Å²) in [5.41, 5.74) is -1.31. The van der Waals surface area contributed by atoms with Crippen LogP contribution in [0.3, 0.4) is 0 Å². The number of hydrogen-bond donors (Lipinski definition) is 1. The van der Waals surface area contributed by atoms with Crippen LogP contribution in [0.2, 0.25) is 0 Å². The van der Waals surface area contributed by atoms with Gasteiger partial charge in [-0.15, -0.1) is 0 Å². The van der Waals surface area contributed by atoms with Gasteiger partial charge in [0, 0.05) is 6.42 Å². The van der Waals surface area contributed by atoms with E-state index in [0.717, 1.165) is 0 Å². The Morgan fingerprint density at radius 3 is 2.31 bits per heavy atom. The smallest absolute Gasteiger partial charge is 0.306 e. The zero-order valence-electron chi connectivity index (χ0n) is 10.5. The zero-order valence-corrected chi connectivity index (χ0v) is 10.5. The topological polar surface area (TPSA) is 70.3 Å². The Kier molecular flexibility index (Phi) is 5.46. The van der Waals surface area contributed by atoms with Crippen LogP contribution in [0.4, 0.5) is 0 Å². The maximum atomic E-state index is 11.4. The highest BCUT2D eigenvalue weighted by Gasteiger charge is 2.29. The molecule has 0 aromatic rings. The molecule has 0 heterocycles. The highest BCUT2D eigenvalue weighted by Crippen LogP contribution is 2.27. The first kappa shape index (κ1) is 14.9. The van der Waals surface area contributed by atoms with Gasteiger partial charge >= 0.3 is 5.97 Å². The predicted molar refractivity (Wildman–Crippen MR) is 60.5 cm³/mol. The molecule has 4 nitrogen and oxygen atoms in total. The van der Waals surface area contributed by atoms with Crippen molar-refractivity contribution in [1.29, 1.82) is 5.26 Å². The number of esters is 1. The molecule has 0 bridgehead atoms. The van der Waals surface area contributed by atoms with E-state index in [9.17, 15) is 4.79 Å². The van der Waals surface area contributed by atoms with E-state index >= 15 is 0 Å². The third-order valence-electron chi connectivity index (χ3n) is 2.44. The molecule has 1 atom stereocenters. The number of carbonyl (C=O) groups is 1. The van der Waals surface area contributed by atoms with Gasteiger partial charge in [-0.1, -0.05) is 6.92 Å². The number of hydrogen-bond acceptors (Lipinski definition) is 4. The van der Waals surface area contributed by atoms with Gasteiger partial charge in [0.1, 0.15) is 5.60 Å². The van der Waals surface area contributed by atoms with E-state index in [2.05, 4.69) is 6.07 Å². The molecule has 0 aliphatic heterocycles. The molecule has 0 aliphatic carbocycles.